The van der Waals surface area contributed by atoms with Crippen LogP contribution in [-0.4, -0.2) is 16.8 Å². The van der Waals surface area contributed by atoms with Gasteiger partial charge in [-0.3, -0.25) is 9.59 Å². The Morgan fingerprint density at radius 1 is 0.865 bits per heavy atom. The Morgan fingerprint density at radius 3 is 2.46 bits per heavy atom. The SMILES string of the molecule is O=C(Nc1cccc(SC(C(=O)Nc2nc(-c3ccccc3Cl)cs2)c2ccccc2)c1)c1cccs1. The minimum atomic E-state index is -0.530. The summed E-state index contributed by atoms with van der Waals surface area (Å²) in [7, 11) is 0. The van der Waals surface area contributed by atoms with Gasteiger partial charge in [-0.25, -0.2) is 4.98 Å². The summed E-state index contributed by atoms with van der Waals surface area (Å²) in [4.78, 5) is 32.0. The molecule has 0 bridgehead atoms. The molecule has 1 unspecified atom stereocenters. The predicted molar refractivity (Wildman–Crippen MR) is 155 cm³/mol. The fourth-order valence-corrected chi connectivity index (χ4v) is 6.23. The molecule has 0 aliphatic carbocycles. The highest BCUT2D eigenvalue weighted by molar-refractivity contribution is 8.00. The molecule has 2 N–H and O–H groups in total. The van der Waals surface area contributed by atoms with E-state index in [-0.39, 0.29) is 11.8 Å². The first-order valence-corrected chi connectivity index (χ1v) is 14.3. The summed E-state index contributed by atoms with van der Waals surface area (Å²) < 4.78 is 0. The monoisotopic (exact) mass is 561 g/mol. The molecule has 3 aromatic carbocycles. The predicted octanol–water partition coefficient (Wildman–Crippen LogP) is 8.25. The lowest BCUT2D eigenvalue weighted by atomic mass is 10.1. The van der Waals surface area contributed by atoms with Crippen molar-refractivity contribution in [3.63, 3.8) is 0 Å². The van der Waals surface area contributed by atoms with Gasteiger partial charge in [0, 0.05) is 26.5 Å². The number of nitrogens with one attached hydrogen (secondary N) is 2. The highest BCUT2D eigenvalue weighted by Crippen LogP contribution is 2.38. The minimum absolute atomic E-state index is 0.160. The first-order chi connectivity index (χ1) is 18.1. The number of halogens is 1. The van der Waals surface area contributed by atoms with Crippen LogP contribution in [0.25, 0.3) is 11.3 Å². The van der Waals surface area contributed by atoms with E-state index in [9.17, 15) is 9.59 Å². The van der Waals surface area contributed by atoms with Crippen molar-refractivity contribution in [2.24, 2.45) is 0 Å². The number of hydrogen-bond acceptors (Lipinski definition) is 6. The second-order valence-corrected chi connectivity index (χ2v) is 11.3. The lowest BCUT2D eigenvalue weighted by Gasteiger charge is -2.17. The smallest absolute Gasteiger partial charge is 0.265 e. The van der Waals surface area contributed by atoms with E-state index in [0.717, 1.165) is 16.0 Å². The van der Waals surface area contributed by atoms with Crippen molar-refractivity contribution in [2.75, 3.05) is 10.6 Å². The van der Waals surface area contributed by atoms with Crippen LogP contribution < -0.4 is 10.6 Å². The van der Waals surface area contributed by atoms with Gasteiger partial charge in [-0.1, -0.05) is 72.3 Å². The zero-order valence-electron chi connectivity index (χ0n) is 19.3. The second kappa shape index (κ2) is 11.7. The number of aromatic nitrogens is 1. The molecule has 0 aliphatic rings. The third-order valence-corrected chi connectivity index (χ3v) is 8.52. The molecule has 0 saturated carbocycles. The fourth-order valence-electron chi connectivity index (χ4n) is 3.58. The highest BCUT2D eigenvalue weighted by Gasteiger charge is 2.23. The van der Waals surface area contributed by atoms with Crippen molar-refractivity contribution < 1.29 is 9.59 Å². The van der Waals surface area contributed by atoms with Gasteiger partial charge in [-0.05, 0) is 41.3 Å². The Bertz CT molecular complexity index is 1520. The maximum absolute atomic E-state index is 13.5. The number of hydrogen-bond donors (Lipinski definition) is 2. The van der Waals surface area contributed by atoms with Crippen molar-refractivity contribution in [1.29, 1.82) is 0 Å². The van der Waals surface area contributed by atoms with Gasteiger partial charge in [0.1, 0.15) is 5.25 Å². The lowest BCUT2D eigenvalue weighted by molar-refractivity contribution is -0.115. The van der Waals surface area contributed by atoms with E-state index < -0.39 is 5.25 Å². The van der Waals surface area contributed by atoms with E-state index in [4.69, 9.17) is 11.6 Å². The van der Waals surface area contributed by atoms with Crippen molar-refractivity contribution in [2.45, 2.75) is 10.1 Å². The zero-order valence-corrected chi connectivity index (χ0v) is 22.5. The van der Waals surface area contributed by atoms with Crippen LogP contribution in [0.1, 0.15) is 20.5 Å². The van der Waals surface area contributed by atoms with Gasteiger partial charge in [-0.15, -0.1) is 34.4 Å². The fraction of sp³-hybridized carbons (Fsp3) is 0.0357. The number of thiophene rings is 1. The van der Waals surface area contributed by atoms with E-state index in [1.54, 1.807) is 6.07 Å². The summed E-state index contributed by atoms with van der Waals surface area (Å²) in [5, 5.41) is 10.2. The van der Waals surface area contributed by atoms with E-state index in [1.165, 1.54) is 34.4 Å². The largest absolute Gasteiger partial charge is 0.321 e. The van der Waals surface area contributed by atoms with Crippen LogP contribution in [0.15, 0.2) is 107 Å². The Hall–Kier alpha value is -3.43. The van der Waals surface area contributed by atoms with Crippen LogP contribution in [0.3, 0.4) is 0 Å². The molecule has 2 heterocycles. The molecule has 37 heavy (non-hydrogen) atoms. The number of nitrogens with zero attached hydrogens (tertiary/aromatic N) is 1. The maximum Gasteiger partial charge on any atom is 0.265 e. The van der Waals surface area contributed by atoms with E-state index in [1.807, 2.05) is 95.7 Å². The zero-order chi connectivity index (χ0) is 25.6. The molecule has 0 fully saturated rings. The van der Waals surface area contributed by atoms with Gasteiger partial charge in [0.15, 0.2) is 5.13 Å². The number of carbonyl (C=O) groups is 2. The summed E-state index contributed by atoms with van der Waals surface area (Å²) in [6, 6.07) is 28.2. The van der Waals surface area contributed by atoms with Crippen molar-refractivity contribution in [3.8, 4) is 11.3 Å². The van der Waals surface area contributed by atoms with Gasteiger partial charge in [0.2, 0.25) is 5.91 Å². The topological polar surface area (TPSA) is 71.1 Å². The van der Waals surface area contributed by atoms with Crippen LogP contribution in [0.2, 0.25) is 5.02 Å². The van der Waals surface area contributed by atoms with E-state index >= 15 is 0 Å². The molecule has 0 saturated heterocycles. The van der Waals surface area contributed by atoms with Crippen LogP contribution in [-0.2, 0) is 4.79 Å². The average Bonchev–Trinajstić information content (AvgIpc) is 3.61. The quantitative estimate of drug-likeness (QED) is 0.187. The third kappa shape index (κ3) is 6.29. The summed E-state index contributed by atoms with van der Waals surface area (Å²) in [5.74, 6) is -0.350. The number of rotatable bonds is 8. The van der Waals surface area contributed by atoms with Crippen LogP contribution >= 0.6 is 46.0 Å². The van der Waals surface area contributed by atoms with Crippen molar-refractivity contribution >= 4 is 68.7 Å². The molecule has 9 heteroatoms. The molecule has 0 radical (unpaired) electrons. The number of benzene rings is 3. The molecule has 0 spiro atoms. The number of thioether (sulfide) groups is 1. The van der Waals surface area contributed by atoms with E-state index in [2.05, 4.69) is 15.6 Å². The summed E-state index contributed by atoms with van der Waals surface area (Å²) >= 11 is 10.5. The standard InChI is InChI=1S/C28H20ClN3O2S3/c29-22-13-5-4-12-21(22)23-17-36-28(31-23)32-27(34)25(18-8-2-1-3-9-18)37-20-11-6-10-19(16-20)30-26(33)24-14-7-15-35-24/h1-17,25H,(H,30,33)(H,31,32,34). The molecule has 184 valence electrons. The normalized spacial score (nSPS) is 11.6. The average molecular weight is 562 g/mol. The minimum Gasteiger partial charge on any atom is -0.321 e. The Balaban J connectivity index is 1.35. The molecule has 5 nitrogen and oxygen atoms in total. The first-order valence-electron chi connectivity index (χ1n) is 11.2. The van der Waals surface area contributed by atoms with Gasteiger partial charge >= 0.3 is 0 Å². The number of thiazole rings is 1. The molecule has 5 aromatic rings. The van der Waals surface area contributed by atoms with Gasteiger partial charge in [0.25, 0.3) is 5.91 Å². The van der Waals surface area contributed by atoms with Gasteiger partial charge in [0.05, 0.1) is 10.6 Å². The number of carbonyl (C=O) groups excluding carboxylic acids is 2. The van der Waals surface area contributed by atoms with Crippen LogP contribution in [0, 0.1) is 0 Å². The molecule has 2 aromatic heterocycles. The Labute approximate surface area is 231 Å². The summed E-state index contributed by atoms with van der Waals surface area (Å²) in [5.41, 5.74) is 3.06. The molecule has 5 rings (SSSR count). The van der Waals surface area contributed by atoms with Crippen molar-refractivity contribution in [1.82, 2.24) is 4.98 Å². The van der Waals surface area contributed by atoms with Gasteiger partial charge in [-0.2, -0.15) is 0 Å². The van der Waals surface area contributed by atoms with Crippen LogP contribution in [0.4, 0.5) is 10.8 Å². The molecule has 0 aliphatic heterocycles. The number of anilines is 2. The van der Waals surface area contributed by atoms with Crippen LogP contribution in [0.5, 0.6) is 0 Å². The Morgan fingerprint density at radius 2 is 1.68 bits per heavy atom. The molecule has 1 atom stereocenters. The highest BCUT2D eigenvalue weighted by atomic mass is 35.5. The summed E-state index contributed by atoms with van der Waals surface area (Å²) in [6.45, 7) is 0. The molecular weight excluding hydrogens is 542 g/mol. The van der Waals surface area contributed by atoms with Crippen molar-refractivity contribution in [3.05, 3.63) is 117 Å². The van der Waals surface area contributed by atoms with E-state index in [0.29, 0.717) is 26.4 Å². The third-order valence-electron chi connectivity index (χ3n) is 5.32. The lowest BCUT2D eigenvalue weighted by Crippen LogP contribution is -2.19. The molecular formula is C28H20ClN3O2S3. The number of amides is 2. The molecule has 2 amide bonds. The first kappa shape index (κ1) is 25.2. The Kier molecular flexibility index (Phi) is 8.01. The maximum atomic E-state index is 13.5. The second-order valence-electron chi connectivity index (χ2n) is 7.87. The van der Waals surface area contributed by atoms with Gasteiger partial charge < -0.3 is 10.6 Å². The summed E-state index contributed by atoms with van der Waals surface area (Å²) in [6.07, 6.45) is 0.